The zero-order valence-corrected chi connectivity index (χ0v) is 16.9. The molecule has 0 saturated carbocycles. The van der Waals surface area contributed by atoms with E-state index in [0.29, 0.717) is 11.3 Å². The second-order valence-electron chi connectivity index (χ2n) is 7.17. The molecule has 1 aliphatic carbocycles. The number of fused-ring (bicyclic) bond motifs is 1. The quantitative estimate of drug-likeness (QED) is 0.689. The molecule has 4 rings (SSSR count). The standard InChI is InChI=1S/C23H22N2O3S/c1-25(22-15-14-17-8-5-6-13-21(17)22)23(26)18-9-7-10-19(16-18)24-29(27,28)20-11-3-2-4-12-20/h2-13,16,22,24H,14-15H2,1H3. The molecule has 0 aromatic heterocycles. The lowest BCUT2D eigenvalue weighted by Crippen LogP contribution is -2.30. The fourth-order valence-corrected chi connectivity index (χ4v) is 4.88. The fraction of sp³-hybridized carbons (Fsp3) is 0.174. The van der Waals surface area contributed by atoms with Crippen LogP contribution in [0.5, 0.6) is 0 Å². The Morgan fingerprint density at radius 2 is 1.69 bits per heavy atom. The summed E-state index contributed by atoms with van der Waals surface area (Å²) in [4.78, 5) is 15.0. The van der Waals surface area contributed by atoms with Gasteiger partial charge in [-0.15, -0.1) is 0 Å². The van der Waals surface area contributed by atoms with Gasteiger partial charge in [-0.3, -0.25) is 9.52 Å². The van der Waals surface area contributed by atoms with Crippen LogP contribution in [0, 0.1) is 0 Å². The van der Waals surface area contributed by atoms with E-state index in [1.807, 2.05) is 12.1 Å². The number of nitrogens with one attached hydrogen (secondary N) is 1. The number of sulfonamides is 1. The molecule has 6 heteroatoms. The molecule has 0 heterocycles. The predicted octanol–water partition coefficient (Wildman–Crippen LogP) is 4.25. The number of hydrogen-bond donors (Lipinski definition) is 1. The van der Waals surface area contributed by atoms with Crippen molar-refractivity contribution in [3.63, 3.8) is 0 Å². The van der Waals surface area contributed by atoms with E-state index in [-0.39, 0.29) is 16.8 Å². The predicted molar refractivity (Wildman–Crippen MR) is 113 cm³/mol. The van der Waals surface area contributed by atoms with Crippen LogP contribution in [0.2, 0.25) is 0 Å². The van der Waals surface area contributed by atoms with Crippen LogP contribution in [0.25, 0.3) is 0 Å². The summed E-state index contributed by atoms with van der Waals surface area (Å²) in [5, 5.41) is 0. The summed E-state index contributed by atoms with van der Waals surface area (Å²) in [6.45, 7) is 0. The minimum Gasteiger partial charge on any atom is -0.335 e. The van der Waals surface area contributed by atoms with E-state index in [2.05, 4.69) is 16.9 Å². The normalized spacial score (nSPS) is 15.6. The first-order valence-corrected chi connectivity index (χ1v) is 11.0. The number of anilines is 1. The minimum absolute atomic E-state index is 0.0309. The van der Waals surface area contributed by atoms with Crippen molar-refractivity contribution in [1.82, 2.24) is 4.90 Å². The van der Waals surface area contributed by atoms with E-state index in [0.717, 1.165) is 12.8 Å². The Morgan fingerprint density at radius 3 is 2.48 bits per heavy atom. The van der Waals surface area contributed by atoms with Gasteiger partial charge in [0.05, 0.1) is 10.9 Å². The van der Waals surface area contributed by atoms with Gasteiger partial charge in [0.1, 0.15) is 0 Å². The van der Waals surface area contributed by atoms with Gasteiger partial charge < -0.3 is 4.90 Å². The molecule has 0 fully saturated rings. The summed E-state index contributed by atoms with van der Waals surface area (Å²) >= 11 is 0. The van der Waals surface area contributed by atoms with E-state index < -0.39 is 10.0 Å². The fourth-order valence-electron chi connectivity index (χ4n) is 3.81. The van der Waals surface area contributed by atoms with Crippen molar-refractivity contribution in [3.05, 3.63) is 95.6 Å². The molecular formula is C23H22N2O3S. The van der Waals surface area contributed by atoms with Gasteiger partial charge in [0.2, 0.25) is 0 Å². The number of carbonyl (C=O) groups is 1. The number of benzene rings is 3. The van der Waals surface area contributed by atoms with E-state index in [1.54, 1.807) is 54.4 Å². The summed E-state index contributed by atoms with van der Waals surface area (Å²) in [6.07, 6.45) is 1.84. The molecule has 29 heavy (non-hydrogen) atoms. The highest BCUT2D eigenvalue weighted by atomic mass is 32.2. The number of amides is 1. The van der Waals surface area contributed by atoms with Gasteiger partial charge in [-0.1, -0.05) is 48.5 Å². The monoisotopic (exact) mass is 406 g/mol. The highest BCUT2D eigenvalue weighted by Gasteiger charge is 2.29. The van der Waals surface area contributed by atoms with Crippen molar-refractivity contribution in [1.29, 1.82) is 0 Å². The third-order valence-corrected chi connectivity index (χ3v) is 6.70. The Labute approximate surface area is 171 Å². The summed E-state index contributed by atoms with van der Waals surface area (Å²) in [7, 11) is -1.91. The van der Waals surface area contributed by atoms with Gasteiger partial charge in [0.25, 0.3) is 15.9 Å². The zero-order chi connectivity index (χ0) is 20.4. The number of hydrogen-bond acceptors (Lipinski definition) is 3. The van der Waals surface area contributed by atoms with Gasteiger partial charge in [-0.25, -0.2) is 8.42 Å². The molecule has 0 radical (unpaired) electrons. The third-order valence-electron chi connectivity index (χ3n) is 5.30. The van der Waals surface area contributed by atoms with Crippen LogP contribution in [-0.2, 0) is 16.4 Å². The van der Waals surface area contributed by atoms with Gasteiger partial charge in [-0.2, -0.15) is 0 Å². The third kappa shape index (κ3) is 3.89. The molecule has 1 aliphatic rings. The van der Waals surface area contributed by atoms with Crippen molar-refractivity contribution < 1.29 is 13.2 Å². The molecule has 1 unspecified atom stereocenters. The minimum atomic E-state index is -3.71. The second-order valence-corrected chi connectivity index (χ2v) is 8.85. The van der Waals surface area contributed by atoms with Crippen molar-refractivity contribution >= 4 is 21.6 Å². The number of rotatable bonds is 5. The average molecular weight is 407 g/mol. The summed E-state index contributed by atoms with van der Waals surface area (Å²) < 4.78 is 27.7. The lowest BCUT2D eigenvalue weighted by molar-refractivity contribution is 0.0730. The van der Waals surface area contributed by atoms with Crippen LogP contribution in [-0.4, -0.2) is 26.3 Å². The molecule has 3 aromatic carbocycles. The van der Waals surface area contributed by atoms with Crippen LogP contribution in [0.4, 0.5) is 5.69 Å². The molecule has 148 valence electrons. The number of nitrogens with zero attached hydrogens (tertiary/aromatic N) is 1. The maximum Gasteiger partial charge on any atom is 0.261 e. The SMILES string of the molecule is CN(C(=O)c1cccc(NS(=O)(=O)c2ccccc2)c1)C1CCc2ccccc21. The molecule has 3 aromatic rings. The largest absolute Gasteiger partial charge is 0.335 e. The molecule has 1 amide bonds. The van der Waals surface area contributed by atoms with Gasteiger partial charge in [0.15, 0.2) is 0 Å². The van der Waals surface area contributed by atoms with Crippen LogP contribution < -0.4 is 4.72 Å². The first-order chi connectivity index (χ1) is 14.0. The molecule has 1 atom stereocenters. The topological polar surface area (TPSA) is 66.5 Å². The molecule has 0 aliphatic heterocycles. The maximum absolute atomic E-state index is 13.1. The number of aryl methyl sites for hydroxylation is 1. The molecule has 5 nitrogen and oxygen atoms in total. The number of carbonyl (C=O) groups excluding carboxylic acids is 1. The van der Waals surface area contributed by atoms with Crippen LogP contribution in [0.1, 0.15) is 33.9 Å². The molecule has 1 N–H and O–H groups in total. The summed E-state index contributed by atoms with van der Waals surface area (Å²) in [5.41, 5.74) is 3.27. The first-order valence-electron chi connectivity index (χ1n) is 9.48. The van der Waals surface area contributed by atoms with E-state index in [1.165, 1.54) is 23.3 Å². The molecule has 0 bridgehead atoms. The average Bonchev–Trinajstić information content (AvgIpc) is 3.17. The maximum atomic E-state index is 13.1. The Bertz CT molecular complexity index is 1140. The van der Waals surface area contributed by atoms with E-state index in [9.17, 15) is 13.2 Å². The Kier molecular flexibility index (Phi) is 5.11. The lowest BCUT2D eigenvalue weighted by atomic mass is 10.1. The van der Waals surface area contributed by atoms with Crippen LogP contribution >= 0.6 is 0 Å². The van der Waals surface area contributed by atoms with Crippen molar-refractivity contribution in [2.45, 2.75) is 23.8 Å². The lowest BCUT2D eigenvalue weighted by Gasteiger charge is -2.25. The van der Waals surface area contributed by atoms with Crippen LogP contribution in [0.15, 0.2) is 83.8 Å². The highest BCUT2D eigenvalue weighted by molar-refractivity contribution is 7.92. The Balaban J connectivity index is 1.55. The summed E-state index contributed by atoms with van der Waals surface area (Å²) in [6, 6.07) is 23.0. The van der Waals surface area contributed by atoms with Gasteiger partial charge in [-0.05, 0) is 54.3 Å². The molecule has 0 spiro atoms. The Morgan fingerprint density at radius 1 is 0.966 bits per heavy atom. The second kappa shape index (κ2) is 7.72. The van der Waals surface area contributed by atoms with Crippen molar-refractivity contribution in [2.24, 2.45) is 0 Å². The highest BCUT2D eigenvalue weighted by Crippen LogP contribution is 2.35. The van der Waals surface area contributed by atoms with Gasteiger partial charge in [0, 0.05) is 18.3 Å². The Hall–Kier alpha value is -3.12. The van der Waals surface area contributed by atoms with E-state index >= 15 is 0 Å². The molecular weight excluding hydrogens is 384 g/mol. The smallest absolute Gasteiger partial charge is 0.261 e. The van der Waals surface area contributed by atoms with Crippen molar-refractivity contribution in [3.8, 4) is 0 Å². The summed E-state index contributed by atoms with van der Waals surface area (Å²) in [5.74, 6) is -0.132. The zero-order valence-electron chi connectivity index (χ0n) is 16.1. The first kappa shape index (κ1) is 19.2. The van der Waals surface area contributed by atoms with Crippen molar-refractivity contribution in [2.75, 3.05) is 11.8 Å². The van der Waals surface area contributed by atoms with Gasteiger partial charge >= 0.3 is 0 Å². The van der Waals surface area contributed by atoms with E-state index in [4.69, 9.17) is 0 Å². The molecule has 0 saturated heterocycles. The van der Waals surface area contributed by atoms with Crippen LogP contribution in [0.3, 0.4) is 0 Å².